The Kier molecular flexibility index (Phi) is 2.37. The molecule has 0 aliphatic carbocycles. The van der Waals surface area contributed by atoms with Crippen LogP contribution in [0.3, 0.4) is 0 Å². The molecule has 1 aliphatic rings. The van der Waals surface area contributed by atoms with Gasteiger partial charge in [-0.05, 0) is 4.66 Å². The molecule has 0 radical (unpaired) electrons. The van der Waals surface area contributed by atoms with E-state index in [1.807, 2.05) is 0 Å². The van der Waals surface area contributed by atoms with Gasteiger partial charge in [0.25, 0.3) is 0 Å². The molecule has 0 nitrogen and oxygen atoms in total. The van der Waals surface area contributed by atoms with Crippen LogP contribution in [0.5, 0.6) is 0 Å². The molecule has 72 valence electrons. The van der Waals surface area contributed by atoms with E-state index in [9.17, 15) is 0 Å². The Bertz CT molecular complexity index is 162. The fourth-order valence-corrected chi connectivity index (χ4v) is 14.3. The Morgan fingerprint density at radius 3 is 1.42 bits per heavy atom. The Hall–Kier alpha value is 0.434. The first-order valence-corrected chi connectivity index (χ1v) is 11.6. The zero-order valence-corrected chi connectivity index (χ0v) is 11.6. The minimum absolute atomic E-state index is 0.748. The summed E-state index contributed by atoms with van der Waals surface area (Å²) in [6, 6.07) is 3.13. The Morgan fingerprint density at radius 1 is 0.833 bits per heavy atom. The van der Waals surface area contributed by atoms with Gasteiger partial charge in [0.1, 0.15) is 0 Å². The standard InChI is InChI=1S/C10H24Si2/c1-10(2)11(3,4)8-7-9-12(10,5)6/h7-9H2,1-6H3. The second kappa shape index (κ2) is 2.71. The van der Waals surface area contributed by atoms with E-state index in [2.05, 4.69) is 40.0 Å². The molecule has 0 aromatic heterocycles. The summed E-state index contributed by atoms with van der Waals surface area (Å²) in [4.78, 5) is 0. The maximum atomic E-state index is 2.60. The maximum absolute atomic E-state index is 2.60. The summed E-state index contributed by atoms with van der Waals surface area (Å²) >= 11 is 0. The smallest absolute Gasteiger partial charge is 0.0503 e. The van der Waals surface area contributed by atoms with Crippen LogP contribution < -0.4 is 0 Å². The van der Waals surface area contributed by atoms with E-state index in [1.165, 1.54) is 6.42 Å². The lowest BCUT2D eigenvalue weighted by atomic mass is 10.5. The minimum Gasteiger partial charge on any atom is -0.0692 e. The third kappa shape index (κ3) is 1.33. The molecule has 0 amide bonds. The predicted molar refractivity (Wildman–Crippen MR) is 63.2 cm³/mol. The average molecular weight is 200 g/mol. The molecular weight excluding hydrogens is 176 g/mol. The van der Waals surface area contributed by atoms with Crippen molar-refractivity contribution in [3.05, 3.63) is 0 Å². The van der Waals surface area contributed by atoms with E-state index in [-0.39, 0.29) is 0 Å². The van der Waals surface area contributed by atoms with Crippen molar-refractivity contribution in [2.24, 2.45) is 0 Å². The van der Waals surface area contributed by atoms with Gasteiger partial charge in [-0.25, -0.2) is 0 Å². The second-order valence-corrected chi connectivity index (χ2v) is 17.8. The molecule has 2 heteroatoms. The van der Waals surface area contributed by atoms with Crippen molar-refractivity contribution in [1.29, 1.82) is 0 Å². The van der Waals surface area contributed by atoms with Gasteiger partial charge in [0, 0.05) is 0 Å². The fraction of sp³-hybridized carbons (Fsp3) is 1.00. The molecule has 0 saturated carbocycles. The van der Waals surface area contributed by atoms with Crippen molar-refractivity contribution in [2.45, 2.75) is 63.2 Å². The van der Waals surface area contributed by atoms with Gasteiger partial charge in [-0.3, -0.25) is 0 Å². The lowest BCUT2D eigenvalue weighted by Crippen LogP contribution is -2.57. The summed E-state index contributed by atoms with van der Waals surface area (Å²) in [5, 5.41) is 0. The highest BCUT2D eigenvalue weighted by Gasteiger charge is 2.52. The zero-order valence-electron chi connectivity index (χ0n) is 9.62. The Morgan fingerprint density at radius 2 is 1.17 bits per heavy atom. The molecule has 1 heterocycles. The van der Waals surface area contributed by atoms with Crippen LogP contribution in [0, 0.1) is 0 Å². The minimum atomic E-state index is -0.892. The van der Waals surface area contributed by atoms with Crippen molar-refractivity contribution in [3.8, 4) is 0 Å². The van der Waals surface area contributed by atoms with E-state index in [1.54, 1.807) is 12.1 Å². The van der Waals surface area contributed by atoms with Gasteiger partial charge in [-0.1, -0.05) is 58.5 Å². The molecule has 0 aromatic rings. The Labute approximate surface area is 79.8 Å². The normalized spacial score (nSPS) is 31.5. The lowest BCUT2D eigenvalue weighted by molar-refractivity contribution is 0.775. The van der Waals surface area contributed by atoms with Crippen LogP contribution >= 0.6 is 0 Å². The molecule has 1 rings (SSSR count). The number of rotatable bonds is 0. The van der Waals surface area contributed by atoms with Crippen LogP contribution in [-0.2, 0) is 0 Å². The van der Waals surface area contributed by atoms with Crippen LogP contribution in [0.25, 0.3) is 0 Å². The van der Waals surface area contributed by atoms with E-state index in [0.717, 1.165) is 4.66 Å². The molecule has 12 heavy (non-hydrogen) atoms. The molecular formula is C10H24Si2. The average Bonchev–Trinajstić information content (AvgIpc) is 1.83. The first kappa shape index (κ1) is 10.5. The lowest BCUT2D eigenvalue weighted by Gasteiger charge is -2.54. The molecule has 0 bridgehead atoms. The maximum Gasteiger partial charge on any atom is 0.0503 e. The highest BCUT2D eigenvalue weighted by molar-refractivity contribution is 7.00. The zero-order chi connectivity index (χ0) is 9.62. The van der Waals surface area contributed by atoms with E-state index in [4.69, 9.17) is 0 Å². The molecule has 0 aromatic carbocycles. The van der Waals surface area contributed by atoms with E-state index in [0.29, 0.717) is 0 Å². The number of hydrogen-bond acceptors (Lipinski definition) is 0. The van der Waals surface area contributed by atoms with Crippen molar-refractivity contribution in [3.63, 3.8) is 0 Å². The topological polar surface area (TPSA) is 0 Å². The molecule has 1 saturated heterocycles. The van der Waals surface area contributed by atoms with Crippen molar-refractivity contribution >= 4 is 16.1 Å². The predicted octanol–water partition coefficient (Wildman–Crippen LogP) is 4.13. The van der Waals surface area contributed by atoms with Gasteiger partial charge in [0.2, 0.25) is 0 Å². The highest BCUT2D eigenvalue weighted by Crippen LogP contribution is 2.53. The van der Waals surface area contributed by atoms with Gasteiger partial charge in [-0.2, -0.15) is 0 Å². The summed E-state index contributed by atoms with van der Waals surface area (Å²) in [6.45, 7) is 15.5. The van der Waals surface area contributed by atoms with Crippen molar-refractivity contribution < 1.29 is 0 Å². The molecule has 1 aliphatic heterocycles. The highest BCUT2D eigenvalue weighted by atomic mass is 28.4. The quantitative estimate of drug-likeness (QED) is 0.516. The SMILES string of the molecule is CC1(C)[Si](C)(C)CCC[Si]1(C)C. The molecule has 1 fully saturated rings. The third-order valence-electron chi connectivity index (χ3n) is 4.99. The monoisotopic (exact) mass is 200 g/mol. The summed E-state index contributed by atoms with van der Waals surface area (Å²) in [7, 11) is -1.78. The molecule has 0 unspecified atom stereocenters. The van der Waals surface area contributed by atoms with Crippen LogP contribution in [0.15, 0.2) is 0 Å². The summed E-state index contributed by atoms with van der Waals surface area (Å²) in [6.07, 6.45) is 1.53. The van der Waals surface area contributed by atoms with Crippen LogP contribution in [0.4, 0.5) is 0 Å². The van der Waals surface area contributed by atoms with Crippen LogP contribution in [0.2, 0.25) is 42.9 Å². The third-order valence-corrected chi connectivity index (χ3v) is 19.0. The van der Waals surface area contributed by atoms with Gasteiger partial charge < -0.3 is 0 Å². The fourth-order valence-electron chi connectivity index (χ4n) is 2.51. The number of hydrogen-bond donors (Lipinski definition) is 0. The second-order valence-electron chi connectivity index (χ2n) is 6.25. The summed E-state index contributed by atoms with van der Waals surface area (Å²) in [5.41, 5.74) is 0. The van der Waals surface area contributed by atoms with Crippen molar-refractivity contribution in [2.75, 3.05) is 0 Å². The molecule has 0 N–H and O–H groups in total. The van der Waals surface area contributed by atoms with E-state index < -0.39 is 16.1 Å². The largest absolute Gasteiger partial charge is 0.0692 e. The van der Waals surface area contributed by atoms with Gasteiger partial charge in [-0.15, -0.1) is 0 Å². The molecule has 0 spiro atoms. The Balaban J connectivity index is 2.99. The van der Waals surface area contributed by atoms with Gasteiger partial charge >= 0.3 is 0 Å². The first-order chi connectivity index (χ1) is 5.21. The van der Waals surface area contributed by atoms with Crippen LogP contribution in [-0.4, -0.2) is 16.1 Å². The van der Waals surface area contributed by atoms with Gasteiger partial charge in [0.05, 0.1) is 16.1 Å². The summed E-state index contributed by atoms with van der Waals surface area (Å²) < 4.78 is 0.748. The summed E-state index contributed by atoms with van der Waals surface area (Å²) in [5.74, 6) is 0. The van der Waals surface area contributed by atoms with Gasteiger partial charge in [0.15, 0.2) is 0 Å². The van der Waals surface area contributed by atoms with Crippen molar-refractivity contribution in [1.82, 2.24) is 0 Å². The van der Waals surface area contributed by atoms with Crippen LogP contribution in [0.1, 0.15) is 20.3 Å². The van der Waals surface area contributed by atoms with E-state index >= 15 is 0 Å². The molecule has 0 atom stereocenters. The first-order valence-electron chi connectivity index (χ1n) is 5.21.